The van der Waals surface area contributed by atoms with Crippen molar-refractivity contribution in [3.05, 3.63) is 57.5 Å². The minimum Gasteiger partial charge on any atom is -0.481 e. The zero-order valence-corrected chi connectivity index (χ0v) is 16.5. The van der Waals surface area contributed by atoms with Gasteiger partial charge in [-0.25, -0.2) is 0 Å². The number of aliphatic hydroxyl groups is 1. The van der Waals surface area contributed by atoms with Gasteiger partial charge in [0.25, 0.3) is 5.56 Å². The molecule has 0 amide bonds. The van der Waals surface area contributed by atoms with Gasteiger partial charge in [-0.3, -0.25) is 24.7 Å². The molecule has 2 unspecified atom stereocenters. The molecule has 11 nitrogen and oxygen atoms in total. The van der Waals surface area contributed by atoms with E-state index in [-0.39, 0.29) is 24.3 Å². The van der Waals surface area contributed by atoms with Crippen LogP contribution in [0.1, 0.15) is 35.8 Å². The summed E-state index contributed by atoms with van der Waals surface area (Å²) in [5, 5.41) is 31.2. The van der Waals surface area contributed by atoms with Crippen LogP contribution < -0.4 is 16.6 Å². The second-order valence-electron chi connectivity index (χ2n) is 7.12. The number of rotatable bonds is 10. The van der Waals surface area contributed by atoms with E-state index in [4.69, 9.17) is 10.8 Å². The fourth-order valence-electron chi connectivity index (χ4n) is 3.30. The smallest absolute Gasteiger partial charge is 0.320 e. The number of aliphatic hydroxyl groups excluding tert-OH is 1. The third kappa shape index (κ3) is 5.47. The summed E-state index contributed by atoms with van der Waals surface area (Å²) in [4.78, 5) is 43.5. The first-order chi connectivity index (χ1) is 14.7. The lowest BCUT2D eigenvalue weighted by Gasteiger charge is -2.19. The maximum Gasteiger partial charge on any atom is 0.320 e. The first-order valence-electron chi connectivity index (χ1n) is 9.58. The van der Waals surface area contributed by atoms with Crippen molar-refractivity contribution in [2.24, 2.45) is 0 Å². The molecular weight excluding hydrogens is 406 g/mol. The van der Waals surface area contributed by atoms with Crippen LogP contribution in [0, 0.1) is 0 Å². The highest BCUT2D eigenvalue weighted by molar-refractivity contribution is 5.79. The molecule has 0 aliphatic heterocycles. The number of hydrogen-bond acceptors (Lipinski definition) is 7. The Balaban J connectivity index is 1.63. The van der Waals surface area contributed by atoms with Gasteiger partial charge < -0.3 is 26.0 Å². The van der Waals surface area contributed by atoms with Gasteiger partial charge in [-0.2, -0.15) is 4.98 Å². The number of nitrogens with one attached hydrogen (secondary N) is 3. The van der Waals surface area contributed by atoms with E-state index in [0.29, 0.717) is 29.4 Å². The highest BCUT2D eigenvalue weighted by Crippen LogP contribution is 2.18. The van der Waals surface area contributed by atoms with E-state index in [0.717, 1.165) is 11.1 Å². The number of fused-ring (bicyclic) bond motifs is 1. The van der Waals surface area contributed by atoms with Crippen LogP contribution in [0.25, 0.3) is 11.0 Å². The van der Waals surface area contributed by atoms with Gasteiger partial charge in [0.05, 0.1) is 5.39 Å². The number of anilines is 1. The van der Waals surface area contributed by atoms with Crippen molar-refractivity contribution in [2.75, 3.05) is 5.73 Å². The van der Waals surface area contributed by atoms with Gasteiger partial charge in [-0.1, -0.05) is 24.3 Å². The van der Waals surface area contributed by atoms with E-state index < -0.39 is 24.2 Å². The Bertz CT molecular complexity index is 1140. The summed E-state index contributed by atoms with van der Waals surface area (Å²) >= 11 is 0. The predicted molar refractivity (Wildman–Crippen MR) is 111 cm³/mol. The second-order valence-corrected chi connectivity index (χ2v) is 7.12. The van der Waals surface area contributed by atoms with Crippen molar-refractivity contribution in [2.45, 2.75) is 38.0 Å². The van der Waals surface area contributed by atoms with E-state index in [1.807, 2.05) is 0 Å². The monoisotopic (exact) mass is 429 g/mol. The number of benzene rings is 1. The first kappa shape index (κ1) is 22.0. The Kier molecular flexibility index (Phi) is 6.68. The molecule has 1 aromatic carbocycles. The average Bonchev–Trinajstić information content (AvgIpc) is 3.12. The van der Waals surface area contributed by atoms with Crippen LogP contribution >= 0.6 is 0 Å². The molecule has 0 bridgehead atoms. The van der Waals surface area contributed by atoms with E-state index in [2.05, 4.69) is 20.3 Å². The van der Waals surface area contributed by atoms with Crippen LogP contribution in [0.4, 0.5) is 5.95 Å². The third-order valence-corrected chi connectivity index (χ3v) is 4.92. The number of carboxylic acids is 2. The van der Waals surface area contributed by atoms with Crippen molar-refractivity contribution in [3.8, 4) is 0 Å². The maximum absolute atomic E-state index is 12.1. The summed E-state index contributed by atoms with van der Waals surface area (Å²) in [6, 6.07) is 5.72. The number of aromatic amines is 2. The van der Waals surface area contributed by atoms with Crippen molar-refractivity contribution >= 4 is 28.9 Å². The molecule has 3 rings (SSSR count). The Morgan fingerprint density at radius 2 is 1.87 bits per heavy atom. The standard InChI is InChI=1S/C20H23N5O6/c21-20-24-16-15(18(29)25-20)12(9-22-16)6-3-10-1-4-11(5-2-10)17(28)23-13(19(30)31)7-8-14(26)27/h1-2,4-5,9,13,17,23,28H,3,6-8H2,(H,26,27)(H,30,31)(H4,21,22,24,25,29). The molecule has 8 N–H and O–H groups in total. The third-order valence-electron chi connectivity index (χ3n) is 4.92. The molecule has 0 saturated carbocycles. The highest BCUT2D eigenvalue weighted by atomic mass is 16.4. The van der Waals surface area contributed by atoms with Gasteiger partial charge in [-0.05, 0) is 36.0 Å². The van der Waals surface area contributed by atoms with Crippen LogP contribution in [0.5, 0.6) is 0 Å². The molecule has 0 radical (unpaired) electrons. The van der Waals surface area contributed by atoms with E-state index >= 15 is 0 Å². The number of carbonyl (C=O) groups is 2. The summed E-state index contributed by atoms with van der Waals surface area (Å²) in [5.41, 5.74) is 7.87. The van der Waals surface area contributed by atoms with Crippen LogP contribution in [0.15, 0.2) is 35.3 Å². The minimum atomic E-state index is -1.26. The van der Waals surface area contributed by atoms with Gasteiger partial charge in [0.2, 0.25) is 5.95 Å². The molecular formula is C20H23N5O6. The predicted octanol–water partition coefficient (Wildman–Crippen LogP) is 0.517. The molecule has 0 aliphatic carbocycles. The van der Waals surface area contributed by atoms with E-state index in [1.165, 1.54) is 0 Å². The summed E-state index contributed by atoms with van der Waals surface area (Å²) in [6.07, 6.45) is 1.19. The SMILES string of the molecule is Nc1nc2[nH]cc(CCc3ccc(C(O)NC(CCC(=O)O)C(=O)O)cc3)c2c(=O)[nH]1. The highest BCUT2D eigenvalue weighted by Gasteiger charge is 2.22. The first-order valence-corrected chi connectivity index (χ1v) is 9.58. The topological polar surface area (TPSA) is 194 Å². The van der Waals surface area contributed by atoms with Crippen LogP contribution in [0.3, 0.4) is 0 Å². The summed E-state index contributed by atoms with van der Waals surface area (Å²) in [6.45, 7) is 0. The zero-order chi connectivity index (χ0) is 22.5. The minimum absolute atomic E-state index is 0.0433. The molecule has 0 saturated heterocycles. The van der Waals surface area contributed by atoms with Crippen molar-refractivity contribution in [1.29, 1.82) is 0 Å². The van der Waals surface area contributed by atoms with Gasteiger partial charge in [0.1, 0.15) is 17.9 Å². The number of aliphatic carboxylic acids is 2. The number of aromatic nitrogens is 3. The van der Waals surface area contributed by atoms with Gasteiger partial charge in [-0.15, -0.1) is 0 Å². The largest absolute Gasteiger partial charge is 0.481 e. The van der Waals surface area contributed by atoms with Crippen molar-refractivity contribution in [1.82, 2.24) is 20.3 Å². The zero-order valence-electron chi connectivity index (χ0n) is 16.5. The number of hydrogen-bond donors (Lipinski definition) is 7. The summed E-state index contributed by atoms with van der Waals surface area (Å²) in [5.74, 6) is -2.30. The molecule has 3 aromatic rings. The Labute approximate surface area is 175 Å². The number of nitrogens with two attached hydrogens (primary N) is 1. The number of nitrogen functional groups attached to an aromatic ring is 1. The molecule has 2 heterocycles. The molecule has 0 spiro atoms. The molecule has 2 atom stereocenters. The van der Waals surface area contributed by atoms with Gasteiger partial charge >= 0.3 is 11.9 Å². The van der Waals surface area contributed by atoms with Crippen molar-refractivity contribution < 1.29 is 24.9 Å². The van der Waals surface area contributed by atoms with Crippen LogP contribution in [-0.4, -0.2) is 48.3 Å². The second kappa shape index (κ2) is 9.41. The quantitative estimate of drug-likeness (QED) is 0.225. The van der Waals surface area contributed by atoms with E-state index in [1.54, 1.807) is 30.5 Å². The number of nitrogens with zero attached hydrogens (tertiary/aromatic N) is 1. The normalized spacial score (nSPS) is 13.2. The maximum atomic E-state index is 12.1. The fraction of sp³-hybridized carbons (Fsp3) is 0.300. The van der Waals surface area contributed by atoms with E-state index in [9.17, 15) is 24.6 Å². The summed E-state index contributed by atoms with van der Waals surface area (Å²) in [7, 11) is 0. The average molecular weight is 429 g/mol. The number of aryl methyl sites for hydroxylation is 2. The lowest BCUT2D eigenvalue weighted by molar-refractivity contribution is -0.141. The Hall–Kier alpha value is -3.70. The van der Waals surface area contributed by atoms with Gasteiger partial charge in [0, 0.05) is 12.6 Å². The lowest BCUT2D eigenvalue weighted by Crippen LogP contribution is -2.39. The molecule has 0 fully saturated rings. The van der Waals surface area contributed by atoms with Gasteiger partial charge in [0.15, 0.2) is 0 Å². The molecule has 164 valence electrons. The fourth-order valence-corrected chi connectivity index (χ4v) is 3.30. The number of carboxylic acid groups (broad SMARTS) is 2. The molecule has 31 heavy (non-hydrogen) atoms. The van der Waals surface area contributed by atoms with Crippen LogP contribution in [0.2, 0.25) is 0 Å². The lowest BCUT2D eigenvalue weighted by atomic mass is 10.0. The summed E-state index contributed by atoms with van der Waals surface area (Å²) < 4.78 is 0. The molecule has 2 aromatic heterocycles. The molecule has 0 aliphatic rings. The number of H-pyrrole nitrogens is 2. The molecule has 11 heteroatoms. The van der Waals surface area contributed by atoms with Crippen molar-refractivity contribution in [3.63, 3.8) is 0 Å². The van der Waals surface area contributed by atoms with Crippen LogP contribution in [-0.2, 0) is 22.4 Å². The Morgan fingerprint density at radius 1 is 1.16 bits per heavy atom. The Morgan fingerprint density at radius 3 is 2.52 bits per heavy atom.